The van der Waals surface area contributed by atoms with Crippen LogP contribution >= 0.6 is 0 Å². The molecule has 2 unspecified atom stereocenters. The number of amides is 1. The van der Waals surface area contributed by atoms with E-state index in [4.69, 9.17) is 4.74 Å². The number of alkyl carbamates (subject to hydrolysis) is 1. The van der Waals surface area contributed by atoms with E-state index < -0.39 is 0 Å². The van der Waals surface area contributed by atoms with Crippen molar-refractivity contribution in [2.24, 2.45) is 11.8 Å². The summed E-state index contributed by atoms with van der Waals surface area (Å²) >= 11 is 0. The number of aliphatic hydroxyl groups is 1. The third-order valence-electron chi connectivity index (χ3n) is 5.90. The Hall–Kier alpha value is -2.33. The van der Waals surface area contributed by atoms with Crippen LogP contribution in [0.1, 0.15) is 36.3 Å². The second kappa shape index (κ2) is 7.50. The Labute approximate surface area is 154 Å². The lowest BCUT2D eigenvalue weighted by Gasteiger charge is -2.18. The summed E-state index contributed by atoms with van der Waals surface area (Å²) in [6, 6.07) is 16.7. The van der Waals surface area contributed by atoms with Crippen LogP contribution < -0.4 is 5.32 Å². The molecule has 0 saturated heterocycles. The fraction of sp³-hybridized carbons (Fsp3) is 0.409. The van der Waals surface area contributed by atoms with Crippen molar-refractivity contribution >= 4 is 6.09 Å². The molecule has 4 nitrogen and oxygen atoms in total. The van der Waals surface area contributed by atoms with E-state index in [2.05, 4.69) is 29.6 Å². The van der Waals surface area contributed by atoms with Crippen LogP contribution in [0.4, 0.5) is 4.79 Å². The van der Waals surface area contributed by atoms with E-state index in [1.165, 1.54) is 22.3 Å². The summed E-state index contributed by atoms with van der Waals surface area (Å²) in [5.41, 5.74) is 4.90. The molecule has 1 amide bonds. The average Bonchev–Trinajstić information content (AvgIpc) is 3.27. The van der Waals surface area contributed by atoms with Crippen LogP contribution in [0.3, 0.4) is 0 Å². The normalized spacial score (nSPS) is 21.3. The molecule has 2 aliphatic rings. The molecule has 0 spiro atoms. The number of hydrogen-bond donors (Lipinski definition) is 2. The largest absolute Gasteiger partial charge is 0.449 e. The molecule has 2 aliphatic carbocycles. The van der Waals surface area contributed by atoms with E-state index in [1.807, 2.05) is 24.3 Å². The number of carbonyl (C=O) groups is 1. The fourth-order valence-corrected chi connectivity index (χ4v) is 4.49. The van der Waals surface area contributed by atoms with Crippen molar-refractivity contribution in [3.63, 3.8) is 0 Å². The van der Waals surface area contributed by atoms with E-state index in [9.17, 15) is 9.90 Å². The molecule has 2 aromatic carbocycles. The minimum absolute atomic E-state index is 0.0878. The van der Waals surface area contributed by atoms with Gasteiger partial charge in [-0.1, -0.05) is 55.0 Å². The summed E-state index contributed by atoms with van der Waals surface area (Å²) in [6.45, 7) is 1.13. The quantitative estimate of drug-likeness (QED) is 0.858. The first-order valence-electron chi connectivity index (χ1n) is 9.47. The number of carbonyl (C=O) groups excluding carboxylic acids is 1. The highest BCUT2D eigenvalue weighted by Crippen LogP contribution is 2.44. The molecule has 1 saturated carbocycles. The standard InChI is InChI=1S/C22H25NO3/c24-13-16-7-5-6-15(16)12-23-22(25)26-14-21-19-10-3-1-8-17(19)18-9-2-4-11-20(18)21/h1-4,8-11,15-16,21,24H,5-7,12-14H2,(H,23,25). The summed E-state index contributed by atoms with van der Waals surface area (Å²) in [5.74, 6) is 0.759. The topological polar surface area (TPSA) is 58.6 Å². The lowest BCUT2D eigenvalue weighted by atomic mass is 9.97. The number of ether oxygens (including phenoxy) is 1. The third-order valence-corrected chi connectivity index (χ3v) is 5.90. The van der Waals surface area contributed by atoms with Crippen LogP contribution in [0.25, 0.3) is 11.1 Å². The summed E-state index contributed by atoms with van der Waals surface area (Å²) in [4.78, 5) is 12.2. The van der Waals surface area contributed by atoms with Gasteiger partial charge in [0.1, 0.15) is 6.61 Å². The molecular formula is C22H25NO3. The van der Waals surface area contributed by atoms with Crippen molar-refractivity contribution in [1.29, 1.82) is 0 Å². The molecule has 2 atom stereocenters. The smallest absolute Gasteiger partial charge is 0.407 e. The number of rotatable bonds is 5. The molecule has 136 valence electrons. The predicted molar refractivity (Wildman–Crippen MR) is 101 cm³/mol. The Balaban J connectivity index is 1.38. The van der Waals surface area contributed by atoms with Crippen LogP contribution in [0.5, 0.6) is 0 Å². The summed E-state index contributed by atoms with van der Waals surface area (Å²) < 4.78 is 5.56. The van der Waals surface area contributed by atoms with Crippen molar-refractivity contribution in [3.05, 3.63) is 59.7 Å². The zero-order valence-electron chi connectivity index (χ0n) is 14.9. The molecule has 0 bridgehead atoms. The van der Waals surface area contributed by atoms with Gasteiger partial charge in [-0.25, -0.2) is 4.79 Å². The maximum Gasteiger partial charge on any atom is 0.407 e. The van der Waals surface area contributed by atoms with E-state index in [-0.39, 0.29) is 18.6 Å². The van der Waals surface area contributed by atoms with Gasteiger partial charge in [0.15, 0.2) is 0 Å². The van der Waals surface area contributed by atoms with Crippen LogP contribution in [-0.4, -0.2) is 31.0 Å². The van der Waals surface area contributed by atoms with Gasteiger partial charge >= 0.3 is 6.09 Å². The zero-order chi connectivity index (χ0) is 17.9. The highest BCUT2D eigenvalue weighted by molar-refractivity contribution is 5.79. The molecule has 0 aliphatic heterocycles. The molecule has 1 fully saturated rings. The van der Waals surface area contributed by atoms with E-state index >= 15 is 0 Å². The van der Waals surface area contributed by atoms with E-state index in [0.29, 0.717) is 25.0 Å². The highest BCUT2D eigenvalue weighted by Gasteiger charge is 2.30. The van der Waals surface area contributed by atoms with Crippen molar-refractivity contribution in [1.82, 2.24) is 5.32 Å². The molecule has 0 radical (unpaired) electrons. The van der Waals surface area contributed by atoms with Gasteiger partial charge in [0.05, 0.1) is 0 Å². The summed E-state index contributed by atoms with van der Waals surface area (Å²) in [6.07, 6.45) is 2.88. The lowest BCUT2D eigenvalue weighted by Crippen LogP contribution is -2.32. The second-order valence-electron chi connectivity index (χ2n) is 7.34. The van der Waals surface area contributed by atoms with E-state index in [0.717, 1.165) is 19.3 Å². The Bertz CT molecular complexity index is 743. The predicted octanol–water partition coefficient (Wildman–Crippen LogP) is 3.93. The third kappa shape index (κ3) is 3.21. The molecule has 4 rings (SSSR count). The number of aliphatic hydroxyl groups excluding tert-OH is 1. The van der Waals surface area contributed by atoms with Gasteiger partial charge in [-0.05, 0) is 46.9 Å². The number of hydrogen-bond acceptors (Lipinski definition) is 3. The first-order chi connectivity index (χ1) is 12.8. The van der Waals surface area contributed by atoms with E-state index in [1.54, 1.807) is 0 Å². The SMILES string of the molecule is O=C(NCC1CCCC1CO)OCC1c2ccccc2-c2ccccc21. The van der Waals surface area contributed by atoms with Gasteiger partial charge in [0, 0.05) is 19.1 Å². The highest BCUT2D eigenvalue weighted by atomic mass is 16.5. The van der Waals surface area contributed by atoms with Gasteiger partial charge in [-0.15, -0.1) is 0 Å². The molecule has 26 heavy (non-hydrogen) atoms. The Morgan fingerprint density at radius 3 is 2.27 bits per heavy atom. The zero-order valence-corrected chi connectivity index (χ0v) is 14.9. The van der Waals surface area contributed by atoms with Gasteiger partial charge in [0.25, 0.3) is 0 Å². The Morgan fingerprint density at radius 1 is 1.00 bits per heavy atom. The minimum atomic E-state index is -0.365. The molecule has 0 heterocycles. The molecular weight excluding hydrogens is 326 g/mol. The molecule has 2 aromatic rings. The molecule has 4 heteroatoms. The van der Waals surface area contributed by atoms with Crippen LogP contribution in [0, 0.1) is 11.8 Å². The Morgan fingerprint density at radius 2 is 1.62 bits per heavy atom. The van der Waals surface area contributed by atoms with Gasteiger partial charge in [-0.2, -0.15) is 0 Å². The Kier molecular flexibility index (Phi) is 4.93. The number of benzene rings is 2. The monoisotopic (exact) mass is 351 g/mol. The number of nitrogens with one attached hydrogen (secondary N) is 1. The van der Waals surface area contributed by atoms with Crippen LogP contribution in [0.2, 0.25) is 0 Å². The van der Waals surface area contributed by atoms with Crippen molar-refractivity contribution in [2.45, 2.75) is 25.2 Å². The molecule has 2 N–H and O–H groups in total. The fourth-order valence-electron chi connectivity index (χ4n) is 4.49. The van der Waals surface area contributed by atoms with Crippen molar-refractivity contribution < 1.29 is 14.6 Å². The molecule has 0 aromatic heterocycles. The first kappa shape index (κ1) is 17.1. The minimum Gasteiger partial charge on any atom is -0.449 e. The summed E-state index contributed by atoms with van der Waals surface area (Å²) in [5, 5.41) is 12.3. The summed E-state index contributed by atoms with van der Waals surface area (Å²) in [7, 11) is 0. The van der Waals surface area contributed by atoms with Gasteiger partial charge in [0.2, 0.25) is 0 Å². The van der Waals surface area contributed by atoms with Crippen molar-refractivity contribution in [3.8, 4) is 11.1 Å². The average molecular weight is 351 g/mol. The van der Waals surface area contributed by atoms with Crippen LogP contribution in [0.15, 0.2) is 48.5 Å². The maximum atomic E-state index is 12.2. The number of fused-ring (bicyclic) bond motifs is 3. The lowest BCUT2D eigenvalue weighted by molar-refractivity contribution is 0.137. The van der Waals surface area contributed by atoms with Crippen molar-refractivity contribution in [2.75, 3.05) is 19.8 Å². The maximum absolute atomic E-state index is 12.2. The van der Waals surface area contributed by atoms with Crippen LogP contribution in [-0.2, 0) is 4.74 Å². The first-order valence-corrected chi connectivity index (χ1v) is 9.47. The second-order valence-corrected chi connectivity index (χ2v) is 7.34. The van der Waals surface area contributed by atoms with Gasteiger partial charge in [-0.3, -0.25) is 0 Å². The van der Waals surface area contributed by atoms with Gasteiger partial charge < -0.3 is 15.2 Å².